The molecule has 1 heterocycles. The van der Waals surface area contributed by atoms with E-state index in [0.717, 1.165) is 5.75 Å². The van der Waals surface area contributed by atoms with Crippen molar-refractivity contribution >= 4 is 40.8 Å². The summed E-state index contributed by atoms with van der Waals surface area (Å²) >= 11 is 13.3. The maximum Gasteiger partial charge on any atom is 0.245 e. The standard InChI is InChI=1S/C8H12Cl2N4S/c1-5(4-15-3)14(2)7-6(9)12-13-8(10)11-7/h5H,4H2,1-3H3. The Kier molecular flexibility index (Phi) is 4.89. The Hall–Kier alpha value is -0.260. The second-order valence-electron chi connectivity index (χ2n) is 3.11. The van der Waals surface area contributed by atoms with Gasteiger partial charge in [0.2, 0.25) is 5.28 Å². The zero-order chi connectivity index (χ0) is 11.4. The first kappa shape index (κ1) is 12.8. The summed E-state index contributed by atoms with van der Waals surface area (Å²) in [6, 6.07) is 0.310. The first-order valence-electron chi connectivity index (χ1n) is 4.33. The van der Waals surface area contributed by atoms with Gasteiger partial charge < -0.3 is 4.90 Å². The summed E-state index contributed by atoms with van der Waals surface area (Å²) in [7, 11) is 1.91. The predicted octanol–water partition coefficient (Wildman–Crippen LogP) is 2.37. The van der Waals surface area contributed by atoms with E-state index in [1.165, 1.54) is 0 Å². The Morgan fingerprint density at radius 2 is 2.07 bits per heavy atom. The first-order chi connectivity index (χ1) is 7.06. The van der Waals surface area contributed by atoms with Gasteiger partial charge in [0, 0.05) is 18.8 Å². The molecule has 1 rings (SSSR count). The fourth-order valence-electron chi connectivity index (χ4n) is 1.07. The second-order valence-corrected chi connectivity index (χ2v) is 4.72. The molecule has 0 aliphatic carbocycles. The van der Waals surface area contributed by atoms with E-state index in [4.69, 9.17) is 23.2 Å². The normalized spacial score (nSPS) is 12.6. The molecule has 0 bridgehead atoms. The summed E-state index contributed by atoms with van der Waals surface area (Å²) in [5, 5.41) is 7.66. The number of halogens is 2. The summed E-state index contributed by atoms with van der Waals surface area (Å²) in [5.41, 5.74) is 0. The van der Waals surface area contributed by atoms with Gasteiger partial charge in [-0.3, -0.25) is 0 Å². The van der Waals surface area contributed by atoms with Crippen LogP contribution in [0.25, 0.3) is 0 Å². The Morgan fingerprint density at radius 3 is 2.67 bits per heavy atom. The minimum atomic E-state index is 0.109. The van der Waals surface area contributed by atoms with Gasteiger partial charge >= 0.3 is 0 Å². The van der Waals surface area contributed by atoms with Crippen molar-refractivity contribution in [3.8, 4) is 0 Å². The molecule has 0 aromatic carbocycles. The second kappa shape index (κ2) is 5.72. The van der Waals surface area contributed by atoms with Crippen LogP contribution in [0.15, 0.2) is 0 Å². The highest BCUT2D eigenvalue weighted by Gasteiger charge is 2.15. The molecule has 84 valence electrons. The van der Waals surface area contributed by atoms with Gasteiger partial charge in [0.05, 0.1) is 0 Å². The van der Waals surface area contributed by atoms with Crippen molar-refractivity contribution in [3.63, 3.8) is 0 Å². The fraction of sp³-hybridized carbons (Fsp3) is 0.625. The molecule has 15 heavy (non-hydrogen) atoms. The molecule has 0 spiro atoms. The van der Waals surface area contributed by atoms with Crippen molar-refractivity contribution in [1.82, 2.24) is 15.2 Å². The van der Waals surface area contributed by atoms with Crippen molar-refractivity contribution in [2.24, 2.45) is 0 Å². The SMILES string of the molecule is CSCC(C)N(C)c1nc(Cl)nnc1Cl. The summed E-state index contributed by atoms with van der Waals surface area (Å²) < 4.78 is 0. The van der Waals surface area contributed by atoms with Gasteiger partial charge in [-0.1, -0.05) is 11.6 Å². The van der Waals surface area contributed by atoms with E-state index in [1.807, 2.05) is 11.9 Å². The van der Waals surface area contributed by atoms with Crippen molar-refractivity contribution in [2.45, 2.75) is 13.0 Å². The van der Waals surface area contributed by atoms with Gasteiger partial charge in [0.25, 0.3) is 0 Å². The Morgan fingerprint density at radius 1 is 1.40 bits per heavy atom. The van der Waals surface area contributed by atoms with Gasteiger partial charge in [-0.05, 0) is 24.8 Å². The molecule has 0 amide bonds. The van der Waals surface area contributed by atoms with E-state index in [1.54, 1.807) is 11.8 Å². The van der Waals surface area contributed by atoms with Crippen LogP contribution in [0, 0.1) is 0 Å². The fourth-order valence-corrected chi connectivity index (χ4v) is 2.11. The zero-order valence-corrected chi connectivity index (χ0v) is 11.1. The molecule has 0 N–H and O–H groups in total. The smallest absolute Gasteiger partial charge is 0.245 e. The Balaban J connectivity index is 2.89. The van der Waals surface area contributed by atoms with Gasteiger partial charge in [-0.25, -0.2) is 0 Å². The molecule has 0 aliphatic heterocycles. The number of hydrogen-bond acceptors (Lipinski definition) is 5. The van der Waals surface area contributed by atoms with Gasteiger partial charge in [-0.15, -0.1) is 10.2 Å². The summed E-state index contributed by atoms with van der Waals surface area (Å²) in [6.45, 7) is 2.09. The van der Waals surface area contributed by atoms with Crippen LogP contribution in [0.4, 0.5) is 5.82 Å². The van der Waals surface area contributed by atoms with E-state index in [2.05, 4.69) is 28.4 Å². The molecule has 1 unspecified atom stereocenters. The minimum absolute atomic E-state index is 0.109. The summed E-state index contributed by atoms with van der Waals surface area (Å²) in [4.78, 5) is 6.00. The third-order valence-electron chi connectivity index (χ3n) is 2.01. The quantitative estimate of drug-likeness (QED) is 0.837. The average Bonchev–Trinajstić information content (AvgIpc) is 2.21. The maximum atomic E-state index is 5.89. The lowest BCUT2D eigenvalue weighted by molar-refractivity contribution is 0.744. The van der Waals surface area contributed by atoms with Crippen LogP contribution in [-0.4, -0.2) is 40.3 Å². The molecule has 0 radical (unpaired) electrons. The van der Waals surface area contributed by atoms with Gasteiger partial charge in [-0.2, -0.15) is 16.7 Å². The molecule has 1 atom stereocenters. The monoisotopic (exact) mass is 266 g/mol. The van der Waals surface area contributed by atoms with Crippen molar-refractivity contribution in [1.29, 1.82) is 0 Å². The highest BCUT2D eigenvalue weighted by atomic mass is 35.5. The molecule has 1 aromatic heterocycles. The van der Waals surface area contributed by atoms with Crippen LogP contribution in [0.5, 0.6) is 0 Å². The molecular formula is C8H12Cl2N4S. The highest BCUT2D eigenvalue weighted by molar-refractivity contribution is 7.98. The van der Waals surface area contributed by atoms with Crippen LogP contribution in [-0.2, 0) is 0 Å². The van der Waals surface area contributed by atoms with Gasteiger partial charge in [0.15, 0.2) is 11.0 Å². The van der Waals surface area contributed by atoms with Crippen molar-refractivity contribution < 1.29 is 0 Å². The molecule has 0 fully saturated rings. The van der Waals surface area contributed by atoms with Crippen LogP contribution in [0.2, 0.25) is 10.4 Å². The number of nitrogens with zero attached hydrogens (tertiary/aromatic N) is 4. The lowest BCUT2D eigenvalue weighted by Crippen LogP contribution is -2.32. The van der Waals surface area contributed by atoms with Crippen LogP contribution >= 0.6 is 35.0 Å². The lowest BCUT2D eigenvalue weighted by Gasteiger charge is -2.25. The van der Waals surface area contributed by atoms with E-state index in [9.17, 15) is 0 Å². The number of aromatic nitrogens is 3. The molecular weight excluding hydrogens is 255 g/mol. The van der Waals surface area contributed by atoms with E-state index in [-0.39, 0.29) is 10.4 Å². The Labute approximate surface area is 103 Å². The summed E-state index contributed by atoms with van der Waals surface area (Å²) in [6.07, 6.45) is 2.05. The van der Waals surface area contributed by atoms with Crippen molar-refractivity contribution in [2.75, 3.05) is 24.0 Å². The maximum absolute atomic E-state index is 5.89. The van der Waals surface area contributed by atoms with Gasteiger partial charge in [0.1, 0.15) is 0 Å². The lowest BCUT2D eigenvalue weighted by atomic mass is 10.3. The molecule has 0 saturated heterocycles. The number of anilines is 1. The van der Waals surface area contributed by atoms with Crippen molar-refractivity contribution in [3.05, 3.63) is 10.4 Å². The molecule has 4 nitrogen and oxygen atoms in total. The zero-order valence-electron chi connectivity index (χ0n) is 8.74. The summed E-state index contributed by atoms with van der Waals surface area (Å²) in [5.74, 6) is 1.55. The first-order valence-corrected chi connectivity index (χ1v) is 6.48. The molecule has 1 aromatic rings. The molecule has 7 heteroatoms. The van der Waals surface area contributed by atoms with E-state index in [0.29, 0.717) is 11.9 Å². The largest absolute Gasteiger partial charge is 0.353 e. The number of thioether (sulfide) groups is 1. The third-order valence-corrected chi connectivity index (χ3v) is 3.23. The Bertz CT molecular complexity index is 336. The van der Waals surface area contributed by atoms with E-state index >= 15 is 0 Å². The third kappa shape index (κ3) is 3.36. The topological polar surface area (TPSA) is 41.9 Å². The molecule has 0 saturated carbocycles. The van der Waals surface area contributed by atoms with Crippen LogP contribution in [0.3, 0.4) is 0 Å². The minimum Gasteiger partial charge on any atom is -0.353 e. The van der Waals surface area contributed by atoms with Crippen LogP contribution < -0.4 is 4.90 Å². The van der Waals surface area contributed by atoms with E-state index < -0.39 is 0 Å². The average molecular weight is 267 g/mol. The molecule has 0 aliphatic rings. The number of hydrogen-bond donors (Lipinski definition) is 0. The highest BCUT2D eigenvalue weighted by Crippen LogP contribution is 2.22. The van der Waals surface area contributed by atoms with Crippen LogP contribution in [0.1, 0.15) is 6.92 Å². The predicted molar refractivity (Wildman–Crippen MR) is 66.1 cm³/mol. The number of rotatable bonds is 4.